The molecule has 0 saturated carbocycles. The van der Waals surface area contributed by atoms with Crippen LogP contribution in [0, 0.1) is 0 Å². The minimum atomic E-state index is -0.739. The van der Waals surface area contributed by atoms with E-state index in [1.807, 2.05) is 0 Å². The third kappa shape index (κ3) is 2.93. The highest BCUT2D eigenvalue weighted by molar-refractivity contribution is 6.07. The van der Waals surface area contributed by atoms with E-state index < -0.39 is 11.8 Å². The first-order valence-corrected chi connectivity index (χ1v) is 6.55. The molecule has 0 radical (unpaired) electrons. The Kier molecular flexibility index (Phi) is 3.59. The summed E-state index contributed by atoms with van der Waals surface area (Å²) >= 11 is 0. The van der Waals surface area contributed by atoms with E-state index in [1.165, 1.54) is 17.1 Å². The number of rotatable bonds is 4. The number of amides is 2. The van der Waals surface area contributed by atoms with Crippen molar-refractivity contribution in [1.82, 2.24) is 19.7 Å². The predicted molar refractivity (Wildman–Crippen MR) is 79.4 cm³/mol. The molecule has 0 spiro atoms. The zero-order valence-corrected chi connectivity index (χ0v) is 12.1. The summed E-state index contributed by atoms with van der Waals surface area (Å²) in [6.07, 6.45) is 5.88. The average Bonchev–Trinajstić information content (AvgIpc) is 3.15. The standard InChI is InChI=1S/C14H12N6O3/c1-20-6-9(11(19-20)12(15)21)17-13(22)10-7-23-14(18-10)8-3-2-4-16-5-8/h2-7H,1H3,(H2,15,21)(H,17,22). The molecule has 0 aliphatic rings. The summed E-state index contributed by atoms with van der Waals surface area (Å²) in [7, 11) is 1.61. The number of nitrogens with zero attached hydrogens (tertiary/aromatic N) is 4. The molecule has 9 heteroatoms. The summed E-state index contributed by atoms with van der Waals surface area (Å²) < 4.78 is 6.64. The van der Waals surface area contributed by atoms with Crippen molar-refractivity contribution in [3.05, 3.63) is 48.4 Å². The van der Waals surface area contributed by atoms with Gasteiger partial charge in [-0.2, -0.15) is 5.10 Å². The van der Waals surface area contributed by atoms with Crippen molar-refractivity contribution >= 4 is 17.5 Å². The summed E-state index contributed by atoms with van der Waals surface area (Å²) in [5.41, 5.74) is 6.09. The lowest BCUT2D eigenvalue weighted by Gasteiger charge is -2.00. The normalized spacial score (nSPS) is 10.5. The van der Waals surface area contributed by atoms with Crippen molar-refractivity contribution in [3.63, 3.8) is 0 Å². The number of primary amides is 1. The number of aryl methyl sites for hydroxylation is 1. The Hall–Kier alpha value is -3.49. The van der Waals surface area contributed by atoms with Gasteiger partial charge in [0.05, 0.1) is 11.3 Å². The molecule has 116 valence electrons. The van der Waals surface area contributed by atoms with Crippen LogP contribution < -0.4 is 11.1 Å². The van der Waals surface area contributed by atoms with Crippen molar-refractivity contribution in [2.24, 2.45) is 12.8 Å². The van der Waals surface area contributed by atoms with Crippen LogP contribution in [0.1, 0.15) is 21.0 Å². The monoisotopic (exact) mass is 312 g/mol. The number of carbonyl (C=O) groups excluding carboxylic acids is 2. The SMILES string of the molecule is Cn1cc(NC(=O)c2coc(-c3cccnc3)n2)c(C(N)=O)n1. The zero-order valence-electron chi connectivity index (χ0n) is 12.1. The van der Waals surface area contributed by atoms with Crippen LogP contribution in [-0.2, 0) is 7.05 Å². The van der Waals surface area contributed by atoms with Gasteiger partial charge in [-0.1, -0.05) is 0 Å². The van der Waals surface area contributed by atoms with E-state index in [2.05, 4.69) is 20.4 Å². The van der Waals surface area contributed by atoms with Crippen molar-refractivity contribution in [3.8, 4) is 11.5 Å². The number of anilines is 1. The van der Waals surface area contributed by atoms with Crippen LogP contribution in [-0.4, -0.2) is 31.6 Å². The Morgan fingerprint density at radius 1 is 1.39 bits per heavy atom. The van der Waals surface area contributed by atoms with Gasteiger partial charge in [-0.15, -0.1) is 0 Å². The average molecular weight is 312 g/mol. The largest absolute Gasteiger partial charge is 0.444 e. The Labute approximate surface area is 130 Å². The topological polar surface area (TPSA) is 129 Å². The van der Waals surface area contributed by atoms with Gasteiger partial charge in [0.2, 0.25) is 5.89 Å². The fourth-order valence-electron chi connectivity index (χ4n) is 1.95. The van der Waals surface area contributed by atoms with E-state index in [9.17, 15) is 9.59 Å². The van der Waals surface area contributed by atoms with Crippen molar-refractivity contribution in [2.75, 3.05) is 5.32 Å². The van der Waals surface area contributed by atoms with Gasteiger partial charge in [0.25, 0.3) is 11.8 Å². The molecule has 0 bridgehead atoms. The van der Waals surface area contributed by atoms with Crippen LogP contribution in [0.2, 0.25) is 0 Å². The summed E-state index contributed by atoms with van der Waals surface area (Å²) in [6, 6.07) is 3.49. The van der Waals surface area contributed by atoms with E-state index >= 15 is 0 Å². The van der Waals surface area contributed by atoms with Crippen LogP contribution in [0.4, 0.5) is 5.69 Å². The molecular weight excluding hydrogens is 300 g/mol. The van der Waals surface area contributed by atoms with Crippen LogP contribution in [0.15, 0.2) is 41.4 Å². The van der Waals surface area contributed by atoms with Crippen LogP contribution in [0.5, 0.6) is 0 Å². The molecule has 0 aromatic carbocycles. The number of nitrogens with two attached hydrogens (primary N) is 1. The van der Waals surface area contributed by atoms with Gasteiger partial charge in [-0.05, 0) is 12.1 Å². The quantitative estimate of drug-likeness (QED) is 0.733. The summed E-state index contributed by atoms with van der Waals surface area (Å²) in [4.78, 5) is 31.6. The molecule has 3 aromatic rings. The third-order valence-corrected chi connectivity index (χ3v) is 2.96. The van der Waals surface area contributed by atoms with Crippen molar-refractivity contribution < 1.29 is 14.0 Å². The third-order valence-electron chi connectivity index (χ3n) is 2.96. The van der Waals surface area contributed by atoms with Gasteiger partial charge < -0.3 is 15.5 Å². The fourth-order valence-corrected chi connectivity index (χ4v) is 1.95. The summed E-state index contributed by atoms with van der Waals surface area (Å²) in [6.45, 7) is 0. The molecule has 0 saturated heterocycles. The Bertz CT molecular complexity index is 868. The molecule has 0 aliphatic heterocycles. The number of hydrogen-bond donors (Lipinski definition) is 2. The van der Waals surface area contributed by atoms with Gasteiger partial charge in [-0.25, -0.2) is 4.98 Å². The summed E-state index contributed by atoms with van der Waals surface area (Å²) in [5, 5.41) is 6.42. The molecule has 0 fully saturated rings. The van der Waals surface area contributed by atoms with E-state index in [-0.39, 0.29) is 23.0 Å². The minimum Gasteiger partial charge on any atom is -0.444 e. The first-order chi connectivity index (χ1) is 11.0. The molecule has 2 amide bonds. The Balaban J connectivity index is 1.82. The fraction of sp³-hybridized carbons (Fsp3) is 0.0714. The maximum atomic E-state index is 12.2. The number of pyridine rings is 1. The van der Waals surface area contributed by atoms with Crippen molar-refractivity contribution in [1.29, 1.82) is 0 Å². The van der Waals surface area contributed by atoms with Gasteiger partial charge >= 0.3 is 0 Å². The Morgan fingerprint density at radius 3 is 2.91 bits per heavy atom. The van der Waals surface area contributed by atoms with Crippen LogP contribution in [0.3, 0.4) is 0 Å². The molecule has 0 atom stereocenters. The second kappa shape index (κ2) is 5.72. The molecular formula is C14H12N6O3. The number of hydrogen-bond acceptors (Lipinski definition) is 6. The molecule has 9 nitrogen and oxygen atoms in total. The van der Waals surface area contributed by atoms with Gasteiger partial charge in [0.1, 0.15) is 6.26 Å². The zero-order chi connectivity index (χ0) is 16.4. The molecule has 0 unspecified atom stereocenters. The first-order valence-electron chi connectivity index (χ1n) is 6.55. The van der Waals surface area contributed by atoms with Gasteiger partial charge in [0.15, 0.2) is 11.4 Å². The number of oxazole rings is 1. The highest BCUT2D eigenvalue weighted by Gasteiger charge is 2.19. The highest BCUT2D eigenvalue weighted by Crippen LogP contribution is 2.18. The molecule has 3 aromatic heterocycles. The number of nitrogens with one attached hydrogen (secondary N) is 1. The minimum absolute atomic E-state index is 0.0307. The predicted octanol–water partition coefficient (Wildman–Crippen LogP) is 0.821. The smallest absolute Gasteiger partial charge is 0.277 e. The molecule has 23 heavy (non-hydrogen) atoms. The van der Waals surface area contributed by atoms with Gasteiger partial charge in [-0.3, -0.25) is 19.3 Å². The maximum absolute atomic E-state index is 12.2. The molecule has 3 heterocycles. The Morgan fingerprint density at radius 2 is 2.22 bits per heavy atom. The number of carbonyl (C=O) groups is 2. The molecule has 0 aliphatic carbocycles. The van der Waals surface area contributed by atoms with E-state index in [1.54, 1.807) is 31.6 Å². The lowest BCUT2D eigenvalue weighted by Crippen LogP contribution is -2.18. The second-order valence-electron chi connectivity index (χ2n) is 4.66. The van der Waals surface area contributed by atoms with Crippen LogP contribution in [0.25, 0.3) is 11.5 Å². The lowest BCUT2D eigenvalue weighted by atomic mass is 10.3. The van der Waals surface area contributed by atoms with Crippen molar-refractivity contribution in [2.45, 2.75) is 0 Å². The first kappa shape index (κ1) is 14.4. The maximum Gasteiger partial charge on any atom is 0.277 e. The van der Waals surface area contributed by atoms with E-state index in [0.29, 0.717) is 5.56 Å². The second-order valence-corrected chi connectivity index (χ2v) is 4.66. The lowest BCUT2D eigenvalue weighted by molar-refractivity contribution is 0.0995. The van der Waals surface area contributed by atoms with Crippen LogP contribution >= 0.6 is 0 Å². The molecule has 3 rings (SSSR count). The van der Waals surface area contributed by atoms with Gasteiger partial charge in [0, 0.05) is 25.6 Å². The van der Waals surface area contributed by atoms with E-state index in [4.69, 9.17) is 10.2 Å². The highest BCUT2D eigenvalue weighted by atomic mass is 16.3. The van der Waals surface area contributed by atoms with E-state index in [0.717, 1.165) is 0 Å². The summed E-state index contributed by atoms with van der Waals surface area (Å²) in [5.74, 6) is -1.01. The number of aromatic nitrogens is 4. The molecule has 3 N–H and O–H groups in total.